The zero-order valence-electron chi connectivity index (χ0n) is 9.27. The zero-order valence-corrected chi connectivity index (χ0v) is 9.27. The van der Waals surface area contributed by atoms with Gasteiger partial charge in [0.25, 0.3) is 5.91 Å². The average molecular weight is 231 g/mol. The monoisotopic (exact) mass is 231 g/mol. The lowest BCUT2D eigenvalue weighted by Gasteiger charge is -2.24. The summed E-state index contributed by atoms with van der Waals surface area (Å²) < 4.78 is 0. The number of aliphatic carboxylic acids is 1. The van der Waals surface area contributed by atoms with Crippen molar-refractivity contribution in [3.63, 3.8) is 0 Å². The van der Waals surface area contributed by atoms with E-state index in [0.717, 1.165) is 5.56 Å². The lowest BCUT2D eigenvalue weighted by Crippen LogP contribution is -2.37. The Morgan fingerprint density at radius 1 is 1.41 bits per heavy atom. The second-order valence-corrected chi connectivity index (χ2v) is 4.86. The number of carbonyl (C=O) groups excluding carboxylic acids is 1. The van der Waals surface area contributed by atoms with Gasteiger partial charge in [-0.3, -0.25) is 9.59 Å². The number of hydrogen-bond acceptors (Lipinski definition) is 2. The molecule has 88 valence electrons. The van der Waals surface area contributed by atoms with Crippen LogP contribution in [0.2, 0.25) is 0 Å². The smallest absolute Gasteiger partial charge is 0.306 e. The van der Waals surface area contributed by atoms with E-state index >= 15 is 0 Å². The van der Waals surface area contributed by atoms with E-state index in [9.17, 15) is 9.59 Å². The van der Waals surface area contributed by atoms with Gasteiger partial charge in [0.2, 0.25) is 0 Å². The molecule has 2 atom stereocenters. The summed E-state index contributed by atoms with van der Waals surface area (Å²) in [5.41, 5.74) is 1.23. The van der Waals surface area contributed by atoms with E-state index in [2.05, 4.69) is 5.32 Å². The van der Waals surface area contributed by atoms with Crippen molar-refractivity contribution < 1.29 is 14.7 Å². The van der Waals surface area contributed by atoms with Gasteiger partial charge in [0.1, 0.15) is 0 Å². The Morgan fingerprint density at radius 2 is 2.18 bits per heavy atom. The maximum Gasteiger partial charge on any atom is 0.306 e. The Morgan fingerprint density at radius 3 is 2.88 bits per heavy atom. The molecular weight excluding hydrogens is 218 g/mol. The Labute approximate surface area is 98.6 Å². The van der Waals surface area contributed by atoms with Crippen LogP contribution in [0.4, 0.5) is 0 Å². The number of nitrogens with one attached hydrogen (secondary N) is 1. The Bertz CT molecular complexity index is 511. The second kappa shape index (κ2) is 3.32. The van der Waals surface area contributed by atoms with Gasteiger partial charge in [-0.1, -0.05) is 18.2 Å². The Hall–Kier alpha value is -1.84. The standard InChI is InChI=1S/C13H13NO3/c15-11-9-3-1-2-4-10(9)13(14-11)6-5-8(7-13)12(16)17/h1-4,8H,5-7H2,(H,14,15)(H,16,17). The summed E-state index contributed by atoms with van der Waals surface area (Å²) in [7, 11) is 0. The normalized spacial score (nSPS) is 30.4. The van der Waals surface area contributed by atoms with Gasteiger partial charge in [-0.2, -0.15) is 0 Å². The summed E-state index contributed by atoms with van der Waals surface area (Å²) >= 11 is 0. The van der Waals surface area contributed by atoms with Crippen LogP contribution in [0, 0.1) is 5.92 Å². The second-order valence-electron chi connectivity index (χ2n) is 4.86. The molecule has 1 aromatic rings. The van der Waals surface area contributed by atoms with Gasteiger partial charge in [-0.25, -0.2) is 0 Å². The van der Waals surface area contributed by atoms with Crippen LogP contribution in [0.3, 0.4) is 0 Å². The molecule has 0 aromatic heterocycles. The summed E-state index contributed by atoms with van der Waals surface area (Å²) in [6.45, 7) is 0. The number of benzene rings is 1. The van der Waals surface area contributed by atoms with Crippen molar-refractivity contribution in [3.05, 3.63) is 35.4 Å². The van der Waals surface area contributed by atoms with E-state index in [1.165, 1.54) is 0 Å². The van der Waals surface area contributed by atoms with Gasteiger partial charge in [0.15, 0.2) is 0 Å². The van der Waals surface area contributed by atoms with E-state index in [4.69, 9.17) is 5.11 Å². The maximum absolute atomic E-state index is 11.8. The minimum Gasteiger partial charge on any atom is -0.481 e. The molecule has 2 unspecified atom stereocenters. The number of amides is 1. The van der Waals surface area contributed by atoms with Crippen molar-refractivity contribution in [3.8, 4) is 0 Å². The first kappa shape index (κ1) is 10.3. The number of fused-ring (bicyclic) bond motifs is 2. The van der Waals surface area contributed by atoms with Crippen LogP contribution in [-0.2, 0) is 10.3 Å². The lowest BCUT2D eigenvalue weighted by molar-refractivity contribution is -0.141. The summed E-state index contributed by atoms with van der Waals surface area (Å²) in [4.78, 5) is 22.9. The number of carboxylic acid groups (broad SMARTS) is 1. The highest BCUT2D eigenvalue weighted by molar-refractivity contribution is 6.00. The highest BCUT2D eigenvalue weighted by atomic mass is 16.4. The fourth-order valence-corrected chi connectivity index (χ4v) is 3.06. The van der Waals surface area contributed by atoms with Gasteiger partial charge in [0, 0.05) is 5.56 Å². The third-order valence-corrected chi connectivity index (χ3v) is 3.90. The molecule has 4 nitrogen and oxygen atoms in total. The molecule has 1 saturated carbocycles. The summed E-state index contributed by atoms with van der Waals surface area (Å²) in [6, 6.07) is 7.46. The van der Waals surface area contributed by atoms with Crippen molar-refractivity contribution >= 4 is 11.9 Å². The zero-order chi connectivity index (χ0) is 12.0. The highest BCUT2D eigenvalue weighted by Crippen LogP contribution is 2.46. The Balaban J connectivity index is 2.02. The average Bonchev–Trinajstić information content (AvgIpc) is 2.85. The molecule has 1 heterocycles. The molecule has 4 heteroatoms. The first-order valence-corrected chi connectivity index (χ1v) is 5.77. The minimum absolute atomic E-state index is 0.0772. The van der Waals surface area contributed by atoms with Crippen molar-refractivity contribution in [1.29, 1.82) is 0 Å². The van der Waals surface area contributed by atoms with Crippen LogP contribution >= 0.6 is 0 Å². The van der Waals surface area contributed by atoms with Gasteiger partial charge in [-0.05, 0) is 30.9 Å². The summed E-state index contributed by atoms with van der Waals surface area (Å²) in [6.07, 6.45) is 1.85. The summed E-state index contributed by atoms with van der Waals surface area (Å²) in [5.74, 6) is -1.19. The topological polar surface area (TPSA) is 66.4 Å². The lowest BCUT2D eigenvalue weighted by atomic mass is 9.88. The molecule has 0 radical (unpaired) electrons. The van der Waals surface area contributed by atoms with Crippen molar-refractivity contribution in [2.45, 2.75) is 24.8 Å². The van der Waals surface area contributed by atoms with Crippen LogP contribution < -0.4 is 5.32 Å². The molecule has 1 aliphatic carbocycles. The molecule has 2 N–H and O–H groups in total. The van der Waals surface area contributed by atoms with E-state index < -0.39 is 11.5 Å². The van der Waals surface area contributed by atoms with Crippen LogP contribution in [0.5, 0.6) is 0 Å². The van der Waals surface area contributed by atoms with Gasteiger partial charge >= 0.3 is 5.97 Å². The van der Waals surface area contributed by atoms with E-state index in [0.29, 0.717) is 24.8 Å². The number of carboxylic acids is 1. The van der Waals surface area contributed by atoms with Crippen LogP contribution in [-0.4, -0.2) is 17.0 Å². The molecule has 1 amide bonds. The van der Waals surface area contributed by atoms with E-state index in [1.54, 1.807) is 6.07 Å². The Kier molecular flexibility index (Phi) is 2.02. The van der Waals surface area contributed by atoms with E-state index in [1.807, 2.05) is 18.2 Å². The maximum atomic E-state index is 11.8. The van der Waals surface area contributed by atoms with E-state index in [-0.39, 0.29) is 11.8 Å². The molecule has 0 bridgehead atoms. The fraction of sp³-hybridized carbons (Fsp3) is 0.385. The third kappa shape index (κ3) is 1.37. The molecule has 2 aliphatic rings. The molecule has 1 spiro atoms. The van der Waals surface area contributed by atoms with Gasteiger partial charge in [-0.15, -0.1) is 0 Å². The quantitative estimate of drug-likeness (QED) is 0.769. The molecule has 17 heavy (non-hydrogen) atoms. The highest BCUT2D eigenvalue weighted by Gasteiger charge is 2.49. The fourth-order valence-electron chi connectivity index (χ4n) is 3.06. The SMILES string of the molecule is O=C1NC2(CCC(C(=O)O)C2)c2ccccc21. The first-order chi connectivity index (χ1) is 8.12. The van der Waals surface area contributed by atoms with Crippen LogP contribution in [0.25, 0.3) is 0 Å². The van der Waals surface area contributed by atoms with Crippen molar-refractivity contribution in [2.24, 2.45) is 5.92 Å². The molecule has 0 saturated heterocycles. The number of carbonyl (C=O) groups is 2. The number of hydrogen-bond donors (Lipinski definition) is 2. The minimum atomic E-state index is -0.763. The molecule has 1 aromatic carbocycles. The van der Waals surface area contributed by atoms with Crippen molar-refractivity contribution in [2.75, 3.05) is 0 Å². The largest absolute Gasteiger partial charge is 0.481 e. The van der Waals surface area contributed by atoms with Crippen molar-refractivity contribution in [1.82, 2.24) is 5.32 Å². The molecule has 3 rings (SSSR count). The predicted octanol–water partition coefficient (Wildman–Crippen LogP) is 1.51. The van der Waals surface area contributed by atoms with Crippen LogP contribution in [0.1, 0.15) is 35.2 Å². The molecule has 1 fully saturated rings. The first-order valence-electron chi connectivity index (χ1n) is 5.77. The third-order valence-electron chi connectivity index (χ3n) is 3.90. The van der Waals surface area contributed by atoms with Gasteiger partial charge in [0.05, 0.1) is 11.5 Å². The predicted molar refractivity (Wildman–Crippen MR) is 60.6 cm³/mol. The van der Waals surface area contributed by atoms with Crippen LogP contribution in [0.15, 0.2) is 24.3 Å². The van der Waals surface area contributed by atoms with Gasteiger partial charge < -0.3 is 10.4 Å². The molecule has 1 aliphatic heterocycles. The number of rotatable bonds is 1. The molecular formula is C13H13NO3. The summed E-state index contributed by atoms with van der Waals surface area (Å²) in [5, 5.41) is 12.0.